The Morgan fingerprint density at radius 1 is 1.69 bits per heavy atom. The number of rotatable bonds is 2. The van der Waals surface area contributed by atoms with Crippen molar-refractivity contribution in [2.75, 3.05) is 0 Å². The summed E-state index contributed by atoms with van der Waals surface area (Å²) in [6.07, 6.45) is 4.56. The predicted molar refractivity (Wildman–Crippen MR) is 47.9 cm³/mol. The molecule has 0 spiro atoms. The van der Waals surface area contributed by atoms with Crippen LogP contribution in [0.3, 0.4) is 0 Å². The lowest BCUT2D eigenvalue weighted by molar-refractivity contribution is -0.145. The van der Waals surface area contributed by atoms with E-state index < -0.39 is 11.4 Å². The standard InChI is InChI=1S/C10H13FO2/c1-7(2)10(9(12)13)5-3-4-8(11)6-10/h3,5-7H,4H2,1-2H3,(H,12,13). The Bertz CT molecular complexity index is 279. The van der Waals surface area contributed by atoms with Crippen molar-refractivity contribution in [2.45, 2.75) is 20.3 Å². The van der Waals surface area contributed by atoms with Gasteiger partial charge in [0.05, 0.1) is 0 Å². The first-order valence-electron chi connectivity index (χ1n) is 4.27. The number of hydrogen-bond donors (Lipinski definition) is 1. The van der Waals surface area contributed by atoms with Crippen molar-refractivity contribution in [3.63, 3.8) is 0 Å². The van der Waals surface area contributed by atoms with E-state index in [9.17, 15) is 9.18 Å². The zero-order valence-corrected chi connectivity index (χ0v) is 7.75. The molecule has 1 atom stereocenters. The highest BCUT2D eigenvalue weighted by atomic mass is 19.1. The number of carboxylic acid groups (broad SMARTS) is 1. The zero-order chi connectivity index (χ0) is 10.1. The quantitative estimate of drug-likeness (QED) is 0.669. The van der Waals surface area contributed by atoms with Crippen molar-refractivity contribution in [1.82, 2.24) is 0 Å². The lowest BCUT2D eigenvalue weighted by atomic mass is 9.74. The highest BCUT2D eigenvalue weighted by Gasteiger charge is 2.38. The molecule has 2 nitrogen and oxygen atoms in total. The summed E-state index contributed by atoms with van der Waals surface area (Å²) in [4.78, 5) is 11.0. The molecule has 1 unspecified atom stereocenters. The molecule has 0 saturated heterocycles. The van der Waals surface area contributed by atoms with Crippen LogP contribution in [-0.4, -0.2) is 11.1 Å². The lowest BCUT2D eigenvalue weighted by Crippen LogP contribution is -2.33. The molecule has 0 aliphatic heterocycles. The molecule has 0 bridgehead atoms. The van der Waals surface area contributed by atoms with E-state index in [0.29, 0.717) is 0 Å². The molecule has 0 fully saturated rings. The summed E-state index contributed by atoms with van der Waals surface area (Å²) in [5, 5.41) is 9.01. The van der Waals surface area contributed by atoms with Crippen LogP contribution in [0.4, 0.5) is 4.39 Å². The van der Waals surface area contributed by atoms with E-state index in [0.717, 1.165) is 0 Å². The van der Waals surface area contributed by atoms with Crippen LogP contribution >= 0.6 is 0 Å². The molecule has 1 rings (SSSR count). The fourth-order valence-electron chi connectivity index (χ4n) is 1.47. The van der Waals surface area contributed by atoms with Crippen LogP contribution in [0.5, 0.6) is 0 Å². The Labute approximate surface area is 76.8 Å². The largest absolute Gasteiger partial charge is 0.480 e. The minimum atomic E-state index is -1.15. The summed E-state index contributed by atoms with van der Waals surface area (Å²) < 4.78 is 12.9. The van der Waals surface area contributed by atoms with Crippen LogP contribution in [0.25, 0.3) is 0 Å². The Balaban J connectivity index is 3.11. The average molecular weight is 184 g/mol. The summed E-state index contributed by atoms with van der Waals surface area (Å²) in [5.41, 5.74) is -1.15. The minimum Gasteiger partial charge on any atom is -0.480 e. The zero-order valence-electron chi connectivity index (χ0n) is 7.75. The normalized spacial score (nSPS) is 27.5. The Hall–Kier alpha value is -1.12. The van der Waals surface area contributed by atoms with Crippen molar-refractivity contribution in [3.05, 3.63) is 24.1 Å². The van der Waals surface area contributed by atoms with Crippen LogP contribution < -0.4 is 0 Å². The average Bonchev–Trinajstić information content (AvgIpc) is 2.03. The summed E-state index contributed by atoms with van der Waals surface area (Å²) in [5.74, 6) is -1.50. The molecule has 0 aromatic carbocycles. The van der Waals surface area contributed by atoms with Crippen LogP contribution in [-0.2, 0) is 4.79 Å². The van der Waals surface area contributed by atoms with Gasteiger partial charge in [-0.1, -0.05) is 26.0 Å². The molecule has 0 saturated carbocycles. The van der Waals surface area contributed by atoms with E-state index in [1.165, 1.54) is 6.08 Å². The highest BCUT2D eigenvalue weighted by molar-refractivity contribution is 5.80. The first kappa shape index (κ1) is 9.96. The molecule has 0 heterocycles. The third-order valence-electron chi connectivity index (χ3n) is 2.43. The Morgan fingerprint density at radius 3 is 2.62 bits per heavy atom. The number of aliphatic carboxylic acids is 1. The molecule has 1 aliphatic carbocycles. The first-order valence-corrected chi connectivity index (χ1v) is 4.27. The smallest absolute Gasteiger partial charge is 0.317 e. The fourth-order valence-corrected chi connectivity index (χ4v) is 1.47. The van der Waals surface area contributed by atoms with Crippen LogP contribution in [0.1, 0.15) is 20.3 Å². The molecule has 0 amide bonds. The van der Waals surface area contributed by atoms with Crippen LogP contribution in [0, 0.1) is 11.3 Å². The number of carboxylic acids is 1. The summed E-state index contributed by atoms with van der Waals surface area (Å²) in [7, 11) is 0. The van der Waals surface area contributed by atoms with Gasteiger partial charge >= 0.3 is 5.97 Å². The topological polar surface area (TPSA) is 37.3 Å². The van der Waals surface area contributed by atoms with E-state index in [4.69, 9.17) is 5.11 Å². The van der Waals surface area contributed by atoms with Crippen molar-refractivity contribution >= 4 is 5.97 Å². The van der Waals surface area contributed by atoms with Gasteiger partial charge in [0.25, 0.3) is 0 Å². The van der Waals surface area contributed by atoms with Gasteiger partial charge in [-0.15, -0.1) is 0 Å². The SMILES string of the molecule is CC(C)C1(C(=O)O)C=CCC(F)=C1. The van der Waals surface area contributed by atoms with Crippen molar-refractivity contribution in [2.24, 2.45) is 11.3 Å². The molecule has 3 heteroatoms. The highest BCUT2D eigenvalue weighted by Crippen LogP contribution is 2.36. The molecule has 0 radical (unpaired) electrons. The van der Waals surface area contributed by atoms with Gasteiger partial charge in [0, 0.05) is 6.42 Å². The molecule has 1 aliphatic rings. The van der Waals surface area contributed by atoms with Gasteiger partial charge in [-0.05, 0) is 12.0 Å². The minimum absolute atomic E-state index is 0.146. The van der Waals surface area contributed by atoms with Crippen LogP contribution in [0.2, 0.25) is 0 Å². The Morgan fingerprint density at radius 2 is 2.31 bits per heavy atom. The van der Waals surface area contributed by atoms with E-state index >= 15 is 0 Å². The third kappa shape index (κ3) is 1.64. The summed E-state index contributed by atoms with van der Waals surface area (Å²) in [6.45, 7) is 3.54. The fraction of sp³-hybridized carbons (Fsp3) is 0.500. The van der Waals surface area contributed by atoms with Gasteiger partial charge in [-0.25, -0.2) is 4.39 Å². The molecular formula is C10H13FO2. The van der Waals surface area contributed by atoms with Gasteiger partial charge < -0.3 is 5.11 Å². The second-order valence-electron chi connectivity index (χ2n) is 3.59. The third-order valence-corrected chi connectivity index (χ3v) is 2.43. The van der Waals surface area contributed by atoms with Crippen molar-refractivity contribution in [1.29, 1.82) is 0 Å². The van der Waals surface area contributed by atoms with Gasteiger partial charge in [0.1, 0.15) is 11.2 Å². The van der Waals surface area contributed by atoms with Gasteiger partial charge in [0.2, 0.25) is 0 Å². The maximum Gasteiger partial charge on any atom is 0.317 e. The monoisotopic (exact) mass is 184 g/mol. The van der Waals surface area contributed by atoms with Gasteiger partial charge in [-0.2, -0.15) is 0 Å². The number of hydrogen-bond acceptors (Lipinski definition) is 1. The molecule has 0 aromatic rings. The molecule has 0 aromatic heterocycles. The second-order valence-corrected chi connectivity index (χ2v) is 3.59. The Kier molecular flexibility index (Phi) is 2.55. The maximum atomic E-state index is 12.9. The molecular weight excluding hydrogens is 171 g/mol. The van der Waals surface area contributed by atoms with E-state index in [-0.39, 0.29) is 18.2 Å². The van der Waals surface area contributed by atoms with Gasteiger partial charge in [-0.3, -0.25) is 4.79 Å². The number of allylic oxidation sites excluding steroid dienone is 2. The number of carbonyl (C=O) groups is 1. The maximum absolute atomic E-state index is 12.9. The molecule has 1 N–H and O–H groups in total. The van der Waals surface area contributed by atoms with E-state index in [2.05, 4.69) is 0 Å². The first-order chi connectivity index (χ1) is 5.99. The van der Waals surface area contributed by atoms with Crippen molar-refractivity contribution < 1.29 is 14.3 Å². The van der Waals surface area contributed by atoms with E-state index in [1.54, 1.807) is 26.0 Å². The lowest BCUT2D eigenvalue weighted by Gasteiger charge is -2.28. The summed E-state index contributed by atoms with van der Waals surface area (Å²) in [6, 6.07) is 0. The number of halogens is 1. The molecule has 13 heavy (non-hydrogen) atoms. The van der Waals surface area contributed by atoms with Crippen LogP contribution in [0.15, 0.2) is 24.1 Å². The van der Waals surface area contributed by atoms with Crippen molar-refractivity contribution in [3.8, 4) is 0 Å². The second kappa shape index (κ2) is 3.32. The predicted octanol–water partition coefficient (Wildman–Crippen LogP) is 2.53. The summed E-state index contributed by atoms with van der Waals surface area (Å²) >= 11 is 0. The van der Waals surface area contributed by atoms with E-state index in [1.807, 2.05) is 0 Å². The molecule has 72 valence electrons. The van der Waals surface area contributed by atoms with Gasteiger partial charge in [0.15, 0.2) is 0 Å².